The van der Waals surface area contributed by atoms with Crippen LogP contribution in [0.2, 0.25) is 0 Å². The standard InChI is InChI=1S/C14H16FNOS/c1-9-6-11(10(2)18-9)8-16-14-7-12(17-3)4-5-13(14)15/h4-7,16H,8H2,1-3H3. The monoisotopic (exact) mass is 265 g/mol. The summed E-state index contributed by atoms with van der Waals surface area (Å²) in [5.74, 6) is 0.387. The third-order valence-electron chi connectivity index (χ3n) is 2.79. The summed E-state index contributed by atoms with van der Waals surface area (Å²) in [5.41, 5.74) is 1.68. The summed E-state index contributed by atoms with van der Waals surface area (Å²) in [6.07, 6.45) is 0. The minimum atomic E-state index is -0.264. The predicted octanol–water partition coefficient (Wildman–Crippen LogP) is 4.12. The predicted molar refractivity (Wildman–Crippen MR) is 74.1 cm³/mol. The minimum Gasteiger partial charge on any atom is -0.497 e. The van der Waals surface area contributed by atoms with E-state index in [1.54, 1.807) is 30.6 Å². The smallest absolute Gasteiger partial charge is 0.146 e. The van der Waals surface area contributed by atoms with Gasteiger partial charge in [-0.2, -0.15) is 0 Å². The zero-order chi connectivity index (χ0) is 13.1. The second-order valence-electron chi connectivity index (χ2n) is 4.14. The molecule has 2 aromatic rings. The zero-order valence-electron chi connectivity index (χ0n) is 10.7. The first kappa shape index (κ1) is 12.9. The number of anilines is 1. The van der Waals surface area contributed by atoms with Crippen LogP contribution in [0.5, 0.6) is 5.75 Å². The number of methoxy groups -OCH3 is 1. The van der Waals surface area contributed by atoms with Gasteiger partial charge in [0.15, 0.2) is 0 Å². The molecule has 2 nitrogen and oxygen atoms in total. The average Bonchev–Trinajstić information content (AvgIpc) is 2.67. The molecule has 1 aromatic carbocycles. The molecule has 2 rings (SSSR count). The maximum atomic E-state index is 13.6. The van der Waals surface area contributed by atoms with Crippen molar-refractivity contribution in [2.75, 3.05) is 12.4 Å². The molecule has 96 valence electrons. The Balaban J connectivity index is 2.12. The summed E-state index contributed by atoms with van der Waals surface area (Å²) < 4.78 is 18.7. The van der Waals surface area contributed by atoms with Crippen molar-refractivity contribution in [2.45, 2.75) is 20.4 Å². The molecule has 0 atom stereocenters. The van der Waals surface area contributed by atoms with E-state index in [1.165, 1.54) is 21.4 Å². The number of nitrogens with one attached hydrogen (secondary N) is 1. The fourth-order valence-electron chi connectivity index (χ4n) is 1.82. The van der Waals surface area contributed by atoms with Crippen molar-refractivity contribution < 1.29 is 9.13 Å². The maximum Gasteiger partial charge on any atom is 0.146 e. The van der Waals surface area contributed by atoms with Crippen molar-refractivity contribution in [3.8, 4) is 5.75 Å². The van der Waals surface area contributed by atoms with Crippen LogP contribution in [0.4, 0.5) is 10.1 Å². The van der Waals surface area contributed by atoms with Crippen molar-refractivity contribution in [1.82, 2.24) is 0 Å². The summed E-state index contributed by atoms with van der Waals surface area (Å²) in [6, 6.07) is 6.82. The van der Waals surface area contributed by atoms with Crippen LogP contribution < -0.4 is 10.1 Å². The fourth-order valence-corrected chi connectivity index (χ4v) is 2.76. The number of hydrogen-bond acceptors (Lipinski definition) is 3. The van der Waals surface area contributed by atoms with Gasteiger partial charge in [0.2, 0.25) is 0 Å². The number of halogens is 1. The highest BCUT2D eigenvalue weighted by Crippen LogP contribution is 2.24. The highest BCUT2D eigenvalue weighted by Gasteiger charge is 2.06. The molecule has 0 saturated carbocycles. The topological polar surface area (TPSA) is 21.3 Å². The Hall–Kier alpha value is -1.55. The van der Waals surface area contributed by atoms with Gasteiger partial charge in [0.1, 0.15) is 11.6 Å². The van der Waals surface area contributed by atoms with E-state index in [0.717, 1.165) is 0 Å². The molecule has 18 heavy (non-hydrogen) atoms. The van der Waals surface area contributed by atoms with Gasteiger partial charge in [-0.25, -0.2) is 4.39 Å². The van der Waals surface area contributed by atoms with Gasteiger partial charge in [-0.15, -0.1) is 11.3 Å². The molecule has 0 fully saturated rings. The largest absolute Gasteiger partial charge is 0.497 e. The molecule has 0 radical (unpaired) electrons. The van der Waals surface area contributed by atoms with Crippen molar-refractivity contribution in [2.24, 2.45) is 0 Å². The van der Waals surface area contributed by atoms with Crippen LogP contribution >= 0.6 is 11.3 Å². The minimum absolute atomic E-state index is 0.264. The van der Waals surface area contributed by atoms with E-state index in [9.17, 15) is 4.39 Å². The third kappa shape index (κ3) is 2.82. The van der Waals surface area contributed by atoms with E-state index in [0.29, 0.717) is 18.0 Å². The van der Waals surface area contributed by atoms with Crippen molar-refractivity contribution in [3.05, 3.63) is 45.4 Å². The van der Waals surface area contributed by atoms with E-state index in [4.69, 9.17) is 4.74 Å². The van der Waals surface area contributed by atoms with Gasteiger partial charge in [-0.05, 0) is 37.6 Å². The summed E-state index contributed by atoms with van der Waals surface area (Å²) in [5, 5.41) is 3.11. The molecule has 0 saturated heterocycles. The van der Waals surface area contributed by atoms with Gasteiger partial charge in [0, 0.05) is 22.4 Å². The number of rotatable bonds is 4. The maximum absolute atomic E-state index is 13.6. The Labute approximate surface area is 110 Å². The highest BCUT2D eigenvalue weighted by atomic mass is 32.1. The Bertz CT molecular complexity index is 551. The summed E-state index contributed by atoms with van der Waals surface area (Å²) >= 11 is 1.76. The number of hydrogen-bond donors (Lipinski definition) is 1. The molecule has 0 aliphatic heterocycles. The molecule has 1 aromatic heterocycles. The fraction of sp³-hybridized carbons (Fsp3) is 0.286. The van der Waals surface area contributed by atoms with Gasteiger partial charge in [-0.3, -0.25) is 0 Å². The van der Waals surface area contributed by atoms with Gasteiger partial charge in [-0.1, -0.05) is 0 Å². The summed E-state index contributed by atoms with van der Waals surface area (Å²) in [4.78, 5) is 2.54. The Kier molecular flexibility index (Phi) is 3.87. The van der Waals surface area contributed by atoms with Crippen LogP contribution in [0.25, 0.3) is 0 Å². The molecule has 0 aliphatic carbocycles. The Morgan fingerprint density at radius 1 is 1.28 bits per heavy atom. The van der Waals surface area contributed by atoms with Crippen molar-refractivity contribution in [3.63, 3.8) is 0 Å². The first-order valence-corrected chi connectivity index (χ1v) is 6.55. The Morgan fingerprint density at radius 3 is 2.67 bits per heavy atom. The van der Waals surface area contributed by atoms with Crippen LogP contribution in [0.15, 0.2) is 24.3 Å². The molecule has 0 bridgehead atoms. The SMILES string of the molecule is COc1ccc(F)c(NCc2cc(C)sc2C)c1. The molecule has 0 amide bonds. The lowest BCUT2D eigenvalue weighted by molar-refractivity contribution is 0.414. The summed E-state index contributed by atoms with van der Waals surface area (Å²) in [6.45, 7) is 4.78. The number of benzene rings is 1. The van der Waals surface area contributed by atoms with E-state index < -0.39 is 0 Å². The van der Waals surface area contributed by atoms with Gasteiger partial charge in [0.05, 0.1) is 12.8 Å². The average molecular weight is 265 g/mol. The lowest BCUT2D eigenvalue weighted by Crippen LogP contribution is -2.01. The van der Waals surface area contributed by atoms with E-state index in [2.05, 4.69) is 25.2 Å². The lowest BCUT2D eigenvalue weighted by Gasteiger charge is -2.09. The van der Waals surface area contributed by atoms with Crippen LogP contribution in [0, 0.1) is 19.7 Å². The molecule has 4 heteroatoms. The second kappa shape index (κ2) is 5.40. The van der Waals surface area contributed by atoms with Crippen LogP contribution in [0.3, 0.4) is 0 Å². The highest BCUT2D eigenvalue weighted by molar-refractivity contribution is 7.12. The Morgan fingerprint density at radius 2 is 2.06 bits per heavy atom. The molecular formula is C14H16FNOS. The molecular weight excluding hydrogens is 249 g/mol. The van der Waals surface area contributed by atoms with E-state index in [1.807, 2.05) is 0 Å². The molecule has 1 N–H and O–H groups in total. The third-order valence-corrected chi connectivity index (χ3v) is 3.79. The normalized spacial score (nSPS) is 10.4. The van der Waals surface area contributed by atoms with Gasteiger partial charge in [0.25, 0.3) is 0 Å². The lowest BCUT2D eigenvalue weighted by atomic mass is 10.2. The number of aryl methyl sites for hydroxylation is 2. The quantitative estimate of drug-likeness (QED) is 0.897. The number of thiophene rings is 1. The van der Waals surface area contributed by atoms with Gasteiger partial charge >= 0.3 is 0 Å². The second-order valence-corrected chi connectivity index (χ2v) is 5.60. The van der Waals surface area contributed by atoms with Crippen LogP contribution in [-0.2, 0) is 6.54 Å². The zero-order valence-corrected chi connectivity index (χ0v) is 11.5. The molecule has 1 heterocycles. The van der Waals surface area contributed by atoms with E-state index >= 15 is 0 Å². The van der Waals surface area contributed by atoms with Gasteiger partial charge < -0.3 is 10.1 Å². The van der Waals surface area contributed by atoms with Crippen molar-refractivity contribution >= 4 is 17.0 Å². The van der Waals surface area contributed by atoms with Crippen LogP contribution in [0.1, 0.15) is 15.3 Å². The first-order valence-electron chi connectivity index (χ1n) is 5.73. The number of ether oxygens (including phenoxy) is 1. The first-order chi connectivity index (χ1) is 8.60. The summed E-state index contributed by atoms with van der Waals surface area (Å²) in [7, 11) is 1.57. The molecule has 0 unspecified atom stereocenters. The van der Waals surface area contributed by atoms with E-state index in [-0.39, 0.29) is 5.82 Å². The molecule has 0 spiro atoms. The molecule has 0 aliphatic rings. The van der Waals surface area contributed by atoms with Crippen LogP contribution in [-0.4, -0.2) is 7.11 Å². The van der Waals surface area contributed by atoms with Crippen molar-refractivity contribution in [1.29, 1.82) is 0 Å².